The van der Waals surface area contributed by atoms with Crippen molar-refractivity contribution in [2.24, 2.45) is 0 Å². The number of nitrogens with zero attached hydrogens (tertiary/aromatic N) is 3. The zero-order valence-corrected chi connectivity index (χ0v) is 18.5. The summed E-state index contributed by atoms with van der Waals surface area (Å²) in [7, 11) is 1.49. The molecule has 8 nitrogen and oxygen atoms in total. The van der Waals surface area contributed by atoms with Crippen LogP contribution >= 0.6 is 0 Å². The molecule has 1 saturated carbocycles. The van der Waals surface area contributed by atoms with E-state index in [0.29, 0.717) is 12.8 Å². The van der Waals surface area contributed by atoms with Gasteiger partial charge in [-0.15, -0.1) is 0 Å². The summed E-state index contributed by atoms with van der Waals surface area (Å²) in [6.07, 6.45) is -4.84. The number of hydrogen-bond donors (Lipinski definition) is 0. The van der Waals surface area contributed by atoms with Crippen molar-refractivity contribution >= 4 is 17.9 Å². The summed E-state index contributed by atoms with van der Waals surface area (Å²) >= 11 is 0. The van der Waals surface area contributed by atoms with E-state index in [2.05, 4.69) is 0 Å². The molecule has 2 heterocycles. The van der Waals surface area contributed by atoms with Gasteiger partial charge in [-0.05, 0) is 40.5 Å². The van der Waals surface area contributed by atoms with Gasteiger partial charge in [0.15, 0.2) is 0 Å². The van der Waals surface area contributed by atoms with Crippen LogP contribution in [0.5, 0.6) is 0 Å². The second-order valence-corrected chi connectivity index (χ2v) is 9.69. The first-order valence-corrected chi connectivity index (χ1v) is 10.4. The minimum atomic E-state index is -4.95. The van der Waals surface area contributed by atoms with Crippen LogP contribution < -0.4 is 0 Å². The number of methoxy groups -OCH3 is 1. The molecule has 176 valence electrons. The number of halogens is 3. The number of likely N-dealkylation sites (tertiary alicyclic amines) is 1. The summed E-state index contributed by atoms with van der Waals surface area (Å²) in [5, 5.41) is 0. The smallest absolute Gasteiger partial charge is 0.444 e. The Kier molecular flexibility index (Phi) is 5.96. The second-order valence-electron chi connectivity index (χ2n) is 9.69. The van der Waals surface area contributed by atoms with E-state index in [1.54, 1.807) is 27.7 Å². The number of carbonyl (C=O) groups is 3. The molecule has 3 rings (SSSR count). The molecule has 0 aromatic carbocycles. The third-order valence-corrected chi connectivity index (χ3v) is 6.12. The predicted octanol–water partition coefficient (Wildman–Crippen LogP) is 2.16. The van der Waals surface area contributed by atoms with Gasteiger partial charge in [-0.25, -0.2) is 4.79 Å². The summed E-state index contributed by atoms with van der Waals surface area (Å²) in [6, 6.07) is -1.45. The van der Waals surface area contributed by atoms with Crippen molar-refractivity contribution < 1.29 is 37.0 Å². The number of alkyl halides is 3. The van der Waals surface area contributed by atoms with Gasteiger partial charge in [-0.2, -0.15) is 13.2 Å². The molecule has 1 spiro atoms. The highest BCUT2D eigenvalue weighted by molar-refractivity contribution is 5.88. The Labute approximate surface area is 179 Å². The molecule has 0 aromatic heterocycles. The van der Waals surface area contributed by atoms with Crippen LogP contribution in [0.3, 0.4) is 0 Å². The van der Waals surface area contributed by atoms with Crippen LogP contribution in [-0.4, -0.2) is 94.9 Å². The van der Waals surface area contributed by atoms with Gasteiger partial charge in [0.2, 0.25) is 5.91 Å². The van der Waals surface area contributed by atoms with Crippen LogP contribution in [0.1, 0.15) is 47.0 Å². The quantitative estimate of drug-likeness (QED) is 0.646. The molecule has 3 atom stereocenters. The number of ether oxygens (including phenoxy) is 2. The number of carbonyl (C=O) groups excluding carboxylic acids is 3. The van der Waals surface area contributed by atoms with Crippen LogP contribution in [-0.2, 0) is 19.1 Å². The lowest BCUT2D eigenvalue weighted by Crippen LogP contribution is -2.65. The fourth-order valence-electron chi connectivity index (χ4n) is 4.35. The molecule has 2 saturated heterocycles. The Morgan fingerprint density at radius 2 is 1.65 bits per heavy atom. The standard InChI is InChI=1S/C20H30F3N3O5/c1-12-9-26(16(28)20(21,22)23)19(6-7-19)11-25(12)15(27)14-8-13(30-5)10-24(14)17(29)31-18(2,3)4/h12-14H,6-11H2,1-5H3/t12-,13+,14-/m0/s1. The lowest BCUT2D eigenvalue weighted by Gasteiger charge is -2.47. The van der Waals surface area contributed by atoms with Crippen molar-refractivity contribution in [3.63, 3.8) is 0 Å². The fraction of sp³-hybridized carbons (Fsp3) is 0.850. The van der Waals surface area contributed by atoms with Crippen molar-refractivity contribution in [3.05, 3.63) is 0 Å². The van der Waals surface area contributed by atoms with Crippen molar-refractivity contribution in [1.82, 2.24) is 14.7 Å². The van der Waals surface area contributed by atoms with Crippen molar-refractivity contribution in [2.45, 2.75) is 82.5 Å². The Morgan fingerprint density at radius 1 is 1.03 bits per heavy atom. The molecule has 0 radical (unpaired) electrons. The van der Waals surface area contributed by atoms with Crippen molar-refractivity contribution in [1.29, 1.82) is 0 Å². The Balaban J connectivity index is 1.78. The minimum absolute atomic E-state index is 0.0190. The molecule has 3 fully saturated rings. The maximum atomic E-state index is 13.4. The Hall–Kier alpha value is -2.04. The molecule has 0 N–H and O–H groups in total. The van der Waals surface area contributed by atoms with Crippen molar-refractivity contribution in [3.8, 4) is 0 Å². The number of hydrogen-bond acceptors (Lipinski definition) is 5. The third-order valence-electron chi connectivity index (χ3n) is 6.12. The molecule has 0 aromatic rings. The van der Waals surface area contributed by atoms with Crippen LogP contribution in [0.4, 0.5) is 18.0 Å². The minimum Gasteiger partial charge on any atom is -0.444 e. The highest BCUT2D eigenvalue weighted by atomic mass is 19.4. The van der Waals surface area contributed by atoms with E-state index in [4.69, 9.17) is 9.47 Å². The van der Waals surface area contributed by atoms with E-state index in [0.717, 1.165) is 4.90 Å². The van der Waals surface area contributed by atoms with Gasteiger partial charge in [-0.3, -0.25) is 14.5 Å². The summed E-state index contributed by atoms with van der Waals surface area (Å²) in [6.45, 7) is 6.80. The van der Waals surface area contributed by atoms with Gasteiger partial charge in [0.1, 0.15) is 11.6 Å². The first-order valence-electron chi connectivity index (χ1n) is 10.4. The first kappa shape index (κ1) is 23.6. The van der Waals surface area contributed by atoms with Gasteiger partial charge >= 0.3 is 18.2 Å². The average Bonchev–Trinajstić information content (AvgIpc) is 3.27. The predicted molar refractivity (Wildman–Crippen MR) is 103 cm³/mol. The molecular formula is C20H30F3N3O5. The van der Waals surface area contributed by atoms with E-state index in [9.17, 15) is 27.6 Å². The van der Waals surface area contributed by atoms with Crippen LogP contribution in [0.25, 0.3) is 0 Å². The second kappa shape index (κ2) is 7.83. The monoisotopic (exact) mass is 449 g/mol. The third kappa shape index (κ3) is 4.75. The molecule has 0 unspecified atom stereocenters. The maximum Gasteiger partial charge on any atom is 0.471 e. The zero-order valence-electron chi connectivity index (χ0n) is 18.5. The maximum absolute atomic E-state index is 13.4. The zero-order chi connectivity index (χ0) is 23.4. The largest absolute Gasteiger partial charge is 0.471 e. The normalized spacial score (nSPS) is 28.1. The summed E-state index contributed by atoms with van der Waals surface area (Å²) in [5.74, 6) is -2.22. The van der Waals surface area contributed by atoms with Crippen LogP contribution in [0.15, 0.2) is 0 Å². The fourth-order valence-corrected chi connectivity index (χ4v) is 4.35. The SMILES string of the molecule is CO[C@@H]1C[C@@H](C(=O)N2CC3(CC3)N(C(=O)C(F)(F)F)C[C@@H]2C)N(C(=O)OC(C)(C)C)C1. The first-order chi connectivity index (χ1) is 14.2. The summed E-state index contributed by atoms with van der Waals surface area (Å²) in [5.41, 5.74) is -1.73. The average molecular weight is 449 g/mol. The van der Waals surface area contributed by atoms with Gasteiger partial charge in [0.05, 0.1) is 18.2 Å². The number of rotatable bonds is 2. The number of amides is 3. The van der Waals surface area contributed by atoms with Gasteiger partial charge in [0.25, 0.3) is 0 Å². The van der Waals surface area contributed by atoms with E-state index in [-0.39, 0.29) is 38.1 Å². The lowest BCUT2D eigenvalue weighted by molar-refractivity contribution is -0.193. The summed E-state index contributed by atoms with van der Waals surface area (Å²) in [4.78, 5) is 41.8. The van der Waals surface area contributed by atoms with Gasteiger partial charge in [0, 0.05) is 32.7 Å². The summed E-state index contributed by atoms with van der Waals surface area (Å²) < 4.78 is 49.9. The van der Waals surface area contributed by atoms with Crippen molar-refractivity contribution in [2.75, 3.05) is 26.7 Å². The highest BCUT2D eigenvalue weighted by Gasteiger charge is 2.60. The molecule has 3 aliphatic rings. The lowest BCUT2D eigenvalue weighted by atomic mass is 10.0. The molecule has 0 bridgehead atoms. The van der Waals surface area contributed by atoms with Gasteiger partial charge in [-0.1, -0.05) is 0 Å². The molecule has 3 amide bonds. The van der Waals surface area contributed by atoms with E-state index in [1.165, 1.54) is 16.9 Å². The van der Waals surface area contributed by atoms with E-state index < -0.39 is 41.4 Å². The van der Waals surface area contributed by atoms with Crippen LogP contribution in [0.2, 0.25) is 0 Å². The molecular weight excluding hydrogens is 419 g/mol. The van der Waals surface area contributed by atoms with Gasteiger partial charge < -0.3 is 19.3 Å². The molecule has 31 heavy (non-hydrogen) atoms. The molecule has 11 heteroatoms. The topological polar surface area (TPSA) is 79.4 Å². The number of piperazine rings is 1. The Morgan fingerprint density at radius 3 is 2.13 bits per heavy atom. The highest BCUT2D eigenvalue weighted by Crippen LogP contribution is 2.47. The Bertz CT molecular complexity index is 747. The molecule has 1 aliphatic carbocycles. The molecule has 2 aliphatic heterocycles. The van der Waals surface area contributed by atoms with E-state index >= 15 is 0 Å². The van der Waals surface area contributed by atoms with E-state index in [1.807, 2.05) is 0 Å². The van der Waals surface area contributed by atoms with Crippen LogP contribution in [0, 0.1) is 0 Å².